The molecule has 0 bridgehead atoms. The van der Waals surface area contributed by atoms with Crippen molar-refractivity contribution in [2.45, 2.75) is 38.6 Å². The minimum atomic E-state index is -0.0347. The third-order valence-electron chi connectivity index (χ3n) is 3.57. The van der Waals surface area contributed by atoms with Crippen molar-refractivity contribution in [2.75, 3.05) is 12.3 Å². The highest BCUT2D eigenvalue weighted by Crippen LogP contribution is 2.26. The fourth-order valence-electron chi connectivity index (χ4n) is 2.49. The quantitative estimate of drug-likeness (QED) is 0.793. The highest BCUT2D eigenvalue weighted by molar-refractivity contribution is 6.34. The molecule has 1 aromatic carbocycles. The largest absolute Gasteiger partial charge is 0.398 e. The van der Waals surface area contributed by atoms with Crippen molar-refractivity contribution in [3.05, 3.63) is 28.8 Å². The maximum absolute atomic E-state index is 12.6. The van der Waals surface area contributed by atoms with E-state index in [1.165, 1.54) is 12.8 Å². The molecule has 2 N–H and O–H groups in total. The molecule has 0 radical (unpaired) electrons. The molecule has 1 unspecified atom stereocenters. The molecule has 0 spiro atoms. The number of halogens is 1. The molecule has 1 aliphatic rings. The summed E-state index contributed by atoms with van der Waals surface area (Å²) < 4.78 is 0. The van der Waals surface area contributed by atoms with Crippen LogP contribution < -0.4 is 5.73 Å². The Morgan fingerprint density at radius 1 is 1.39 bits per heavy atom. The maximum Gasteiger partial charge on any atom is 0.257 e. The molecule has 1 atom stereocenters. The van der Waals surface area contributed by atoms with E-state index < -0.39 is 0 Å². The topological polar surface area (TPSA) is 46.3 Å². The van der Waals surface area contributed by atoms with Crippen molar-refractivity contribution in [3.63, 3.8) is 0 Å². The Morgan fingerprint density at radius 2 is 2.17 bits per heavy atom. The number of hydrogen-bond donors (Lipinski definition) is 1. The lowest BCUT2D eigenvalue weighted by atomic mass is 10.1. The molecule has 1 saturated heterocycles. The van der Waals surface area contributed by atoms with Crippen LogP contribution in [0.25, 0.3) is 0 Å². The lowest BCUT2D eigenvalue weighted by Gasteiger charge is -2.28. The monoisotopic (exact) mass is 266 g/mol. The Labute approximate surface area is 113 Å². The van der Waals surface area contributed by atoms with Crippen LogP contribution in [0.15, 0.2) is 18.2 Å². The van der Waals surface area contributed by atoms with E-state index in [0.29, 0.717) is 16.3 Å². The van der Waals surface area contributed by atoms with E-state index in [1.54, 1.807) is 18.2 Å². The zero-order chi connectivity index (χ0) is 13.1. The number of carbonyl (C=O) groups is 1. The van der Waals surface area contributed by atoms with Gasteiger partial charge in [-0.1, -0.05) is 30.5 Å². The molecule has 4 heteroatoms. The maximum atomic E-state index is 12.6. The van der Waals surface area contributed by atoms with Gasteiger partial charge in [-0.15, -0.1) is 0 Å². The number of hydrogen-bond acceptors (Lipinski definition) is 2. The van der Waals surface area contributed by atoms with Gasteiger partial charge >= 0.3 is 0 Å². The van der Waals surface area contributed by atoms with Crippen LogP contribution in [0.4, 0.5) is 5.69 Å². The third kappa shape index (κ3) is 2.61. The Kier molecular flexibility index (Phi) is 4.12. The van der Waals surface area contributed by atoms with Gasteiger partial charge in [0.1, 0.15) is 0 Å². The summed E-state index contributed by atoms with van der Waals surface area (Å²) in [7, 11) is 0. The number of benzene rings is 1. The number of anilines is 1. The van der Waals surface area contributed by atoms with Gasteiger partial charge in [0.25, 0.3) is 5.91 Å². The standard InChI is InChI=1S/C14H19ClN2O/c1-10-6-3-2-4-9-17(10)14(18)13-11(15)7-5-8-12(13)16/h5,7-8,10H,2-4,6,9,16H2,1H3. The fourth-order valence-corrected chi connectivity index (χ4v) is 2.75. The van der Waals surface area contributed by atoms with Crippen LogP contribution >= 0.6 is 11.6 Å². The number of likely N-dealkylation sites (tertiary alicyclic amines) is 1. The van der Waals surface area contributed by atoms with Gasteiger partial charge in [0.2, 0.25) is 0 Å². The highest BCUT2D eigenvalue weighted by Gasteiger charge is 2.25. The minimum Gasteiger partial charge on any atom is -0.398 e. The SMILES string of the molecule is CC1CCCCCN1C(=O)c1c(N)cccc1Cl. The zero-order valence-corrected chi connectivity index (χ0v) is 11.4. The molecule has 1 amide bonds. The first-order valence-electron chi connectivity index (χ1n) is 6.46. The summed E-state index contributed by atoms with van der Waals surface area (Å²) in [6.45, 7) is 2.89. The van der Waals surface area contributed by atoms with Crippen molar-refractivity contribution in [3.8, 4) is 0 Å². The van der Waals surface area contributed by atoms with Gasteiger partial charge in [-0.2, -0.15) is 0 Å². The molecule has 0 saturated carbocycles. The second-order valence-electron chi connectivity index (χ2n) is 4.90. The van der Waals surface area contributed by atoms with Gasteiger partial charge in [-0.25, -0.2) is 0 Å². The van der Waals surface area contributed by atoms with Crippen LogP contribution in [0.2, 0.25) is 5.02 Å². The van der Waals surface area contributed by atoms with Crippen LogP contribution in [-0.4, -0.2) is 23.4 Å². The van der Waals surface area contributed by atoms with Crippen molar-refractivity contribution >= 4 is 23.2 Å². The van der Waals surface area contributed by atoms with Crippen molar-refractivity contribution in [2.24, 2.45) is 0 Å². The second-order valence-corrected chi connectivity index (χ2v) is 5.31. The first kappa shape index (κ1) is 13.2. The van der Waals surface area contributed by atoms with Gasteiger partial charge in [0.15, 0.2) is 0 Å². The molecule has 1 aromatic rings. The molecule has 3 nitrogen and oxygen atoms in total. The van der Waals surface area contributed by atoms with E-state index in [9.17, 15) is 4.79 Å². The number of nitrogens with zero attached hydrogens (tertiary/aromatic N) is 1. The number of nitrogen functional groups attached to an aromatic ring is 1. The molecule has 0 aliphatic carbocycles. The molecule has 98 valence electrons. The van der Waals surface area contributed by atoms with Gasteiger partial charge in [-0.05, 0) is 31.9 Å². The predicted molar refractivity (Wildman–Crippen MR) is 74.8 cm³/mol. The Morgan fingerprint density at radius 3 is 2.89 bits per heavy atom. The summed E-state index contributed by atoms with van der Waals surface area (Å²) in [6.07, 6.45) is 4.48. The average molecular weight is 267 g/mol. The van der Waals surface area contributed by atoms with Crippen molar-refractivity contribution < 1.29 is 4.79 Å². The molecular formula is C14H19ClN2O. The van der Waals surface area contributed by atoms with E-state index in [1.807, 2.05) is 4.90 Å². The highest BCUT2D eigenvalue weighted by atomic mass is 35.5. The third-order valence-corrected chi connectivity index (χ3v) is 3.89. The van der Waals surface area contributed by atoms with Crippen LogP contribution in [0, 0.1) is 0 Å². The molecule has 2 rings (SSSR count). The van der Waals surface area contributed by atoms with E-state index in [0.717, 1.165) is 19.4 Å². The molecule has 1 fully saturated rings. The fraction of sp³-hybridized carbons (Fsp3) is 0.500. The van der Waals surface area contributed by atoms with Gasteiger partial charge in [-0.3, -0.25) is 4.79 Å². The van der Waals surface area contributed by atoms with Gasteiger partial charge in [0.05, 0.1) is 10.6 Å². The molecule has 1 heterocycles. The van der Waals surface area contributed by atoms with E-state index in [-0.39, 0.29) is 11.9 Å². The first-order valence-corrected chi connectivity index (χ1v) is 6.84. The lowest BCUT2D eigenvalue weighted by Crippen LogP contribution is -2.38. The second kappa shape index (κ2) is 5.61. The van der Waals surface area contributed by atoms with Crippen molar-refractivity contribution in [1.82, 2.24) is 4.90 Å². The van der Waals surface area contributed by atoms with Crippen LogP contribution in [0.1, 0.15) is 43.0 Å². The molecular weight excluding hydrogens is 248 g/mol. The van der Waals surface area contributed by atoms with E-state index in [4.69, 9.17) is 17.3 Å². The molecule has 18 heavy (non-hydrogen) atoms. The summed E-state index contributed by atoms with van der Waals surface area (Å²) in [6, 6.07) is 5.46. The Bertz CT molecular complexity index is 427. The smallest absolute Gasteiger partial charge is 0.257 e. The summed E-state index contributed by atoms with van der Waals surface area (Å²) in [4.78, 5) is 14.5. The minimum absolute atomic E-state index is 0.0347. The van der Waals surface area contributed by atoms with E-state index in [2.05, 4.69) is 6.92 Å². The number of carbonyl (C=O) groups excluding carboxylic acids is 1. The van der Waals surface area contributed by atoms with E-state index >= 15 is 0 Å². The summed E-state index contributed by atoms with van der Waals surface area (Å²) >= 11 is 6.10. The first-order chi connectivity index (χ1) is 8.61. The summed E-state index contributed by atoms with van der Waals surface area (Å²) in [5.41, 5.74) is 6.80. The lowest BCUT2D eigenvalue weighted by molar-refractivity contribution is 0.0699. The van der Waals surface area contributed by atoms with Gasteiger partial charge in [0, 0.05) is 18.3 Å². The molecule has 1 aliphatic heterocycles. The Balaban J connectivity index is 2.29. The van der Waals surface area contributed by atoms with Crippen molar-refractivity contribution in [1.29, 1.82) is 0 Å². The molecule has 0 aromatic heterocycles. The number of nitrogens with two attached hydrogens (primary N) is 1. The summed E-state index contributed by atoms with van der Waals surface area (Å²) in [5, 5.41) is 0.441. The van der Waals surface area contributed by atoms with Crippen LogP contribution in [0.3, 0.4) is 0 Å². The van der Waals surface area contributed by atoms with Gasteiger partial charge < -0.3 is 10.6 Å². The van der Waals surface area contributed by atoms with Crippen LogP contribution in [0.5, 0.6) is 0 Å². The number of rotatable bonds is 1. The average Bonchev–Trinajstić information content (AvgIpc) is 2.53. The summed E-state index contributed by atoms with van der Waals surface area (Å²) in [5.74, 6) is -0.0347. The van der Waals surface area contributed by atoms with Crippen LogP contribution in [-0.2, 0) is 0 Å². The zero-order valence-electron chi connectivity index (χ0n) is 10.7. The normalized spacial score (nSPS) is 20.6. The Hall–Kier alpha value is -1.22. The number of amides is 1. The predicted octanol–water partition coefficient (Wildman–Crippen LogP) is 3.33.